The second kappa shape index (κ2) is 7.90. The number of aromatic nitrogens is 1. The number of hydrogen-bond acceptors (Lipinski definition) is 5. The van der Waals surface area contributed by atoms with E-state index in [9.17, 15) is 4.79 Å². The van der Waals surface area contributed by atoms with Gasteiger partial charge in [0, 0.05) is 31.1 Å². The molecule has 2 heterocycles. The predicted octanol–water partition coefficient (Wildman–Crippen LogP) is 4.68. The SMILES string of the molecule is CCSc1ccccc1C(=O)N1CCN(c2nc3c(C)cccc3s2)CC1. The van der Waals surface area contributed by atoms with Crippen LogP contribution in [0.4, 0.5) is 5.13 Å². The van der Waals surface area contributed by atoms with Crippen molar-refractivity contribution in [3.05, 3.63) is 53.6 Å². The summed E-state index contributed by atoms with van der Waals surface area (Å²) in [7, 11) is 0. The molecule has 4 nitrogen and oxygen atoms in total. The highest BCUT2D eigenvalue weighted by molar-refractivity contribution is 7.99. The molecule has 0 saturated carbocycles. The highest BCUT2D eigenvalue weighted by Gasteiger charge is 2.25. The van der Waals surface area contributed by atoms with Gasteiger partial charge in [-0.25, -0.2) is 4.98 Å². The van der Waals surface area contributed by atoms with E-state index in [0.717, 1.165) is 53.0 Å². The number of carbonyl (C=O) groups excluding carboxylic acids is 1. The second-order valence-corrected chi connectivity index (χ2v) is 8.94. The number of rotatable bonds is 4. The Morgan fingerprint density at radius 3 is 2.63 bits per heavy atom. The van der Waals surface area contributed by atoms with Crippen molar-refractivity contribution in [3.8, 4) is 0 Å². The molecule has 140 valence electrons. The lowest BCUT2D eigenvalue weighted by Crippen LogP contribution is -2.48. The van der Waals surface area contributed by atoms with Crippen LogP contribution in [0.3, 0.4) is 0 Å². The summed E-state index contributed by atoms with van der Waals surface area (Å²) < 4.78 is 1.23. The number of hydrogen-bond donors (Lipinski definition) is 0. The summed E-state index contributed by atoms with van der Waals surface area (Å²) in [6, 6.07) is 14.3. The summed E-state index contributed by atoms with van der Waals surface area (Å²) in [5.41, 5.74) is 3.14. The van der Waals surface area contributed by atoms with Crippen LogP contribution in [-0.2, 0) is 0 Å². The Bertz CT molecular complexity index is 961. The van der Waals surface area contributed by atoms with E-state index in [1.807, 2.05) is 29.2 Å². The zero-order valence-electron chi connectivity index (χ0n) is 15.6. The Morgan fingerprint density at radius 1 is 1.11 bits per heavy atom. The molecule has 27 heavy (non-hydrogen) atoms. The van der Waals surface area contributed by atoms with Gasteiger partial charge in [0.1, 0.15) is 0 Å². The van der Waals surface area contributed by atoms with Crippen LogP contribution >= 0.6 is 23.1 Å². The average molecular weight is 398 g/mol. The maximum absolute atomic E-state index is 13.0. The van der Waals surface area contributed by atoms with Gasteiger partial charge < -0.3 is 9.80 Å². The molecule has 0 N–H and O–H groups in total. The fourth-order valence-electron chi connectivity index (χ4n) is 3.41. The van der Waals surface area contributed by atoms with Crippen molar-refractivity contribution >= 4 is 44.4 Å². The molecule has 0 aliphatic carbocycles. The Hall–Kier alpha value is -2.05. The molecular weight excluding hydrogens is 374 g/mol. The van der Waals surface area contributed by atoms with Crippen molar-refractivity contribution in [2.75, 3.05) is 36.8 Å². The van der Waals surface area contributed by atoms with Gasteiger partial charge in [-0.3, -0.25) is 4.79 Å². The van der Waals surface area contributed by atoms with Crippen LogP contribution in [0.15, 0.2) is 47.4 Å². The highest BCUT2D eigenvalue weighted by Crippen LogP contribution is 2.31. The number of anilines is 1. The Labute approximate surface area is 168 Å². The van der Waals surface area contributed by atoms with Gasteiger partial charge in [-0.2, -0.15) is 0 Å². The minimum absolute atomic E-state index is 0.145. The van der Waals surface area contributed by atoms with Crippen molar-refractivity contribution in [2.24, 2.45) is 0 Å². The molecule has 3 aromatic rings. The van der Waals surface area contributed by atoms with Crippen molar-refractivity contribution < 1.29 is 4.79 Å². The fraction of sp³-hybridized carbons (Fsp3) is 0.333. The van der Waals surface area contributed by atoms with Crippen LogP contribution in [0.2, 0.25) is 0 Å². The van der Waals surface area contributed by atoms with Crippen LogP contribution in [0, 0.1) is 6.92 Å². The first kappa shape index (κ1) is 18.3. The molecule has 2 aromatic carbocycles. The minimum atomic E-state index is 0.145. The molecule has 1 aliphatic heterocycles. The van der Waals surface area contributed by atoms with Crippen molar-refractivity contribution in [2.45, 2.75) is 18.7 Å². The van der Waals surface area contributed by atoms with Gasteiger partial charge in [-0.15, -0.1) is 11.8 Å². The Morgan fingerprint density at radius 2 is 1.89 bits per heavy atom. The minimum Gasteiger partial charge on any atom is -0.345 e. The van der Waals surface area contributed by atoms with Crippen LogP contribution in [0.25, 0.3) is 10.2 Å². The number of benzene rings is 2. The van der Waals surface area contributed by atoms with E-state index in [0.29, 0.717) is 0 Å². The number of thioether (sulfide) groups is 1. The van der Waals surface area contributed by atoms with Gasteiger partial charge >= 0.3 is 0 Å². The number of piperazine rings is 1. The zero-order chi connectivity index (χ0) is 18.8. The molecule has 0 unspecified atom stereocenters. The molecule has 1 aromatic heterocycles. The summed E-state index contributed by atoms with van der Waals surface area (Å²) in [6.07, 6.45) is 0. The Balaban J connectivity index is 1.47. The van der Waals surface area contributed by atoms with Crippen LogP contribution < -0.4 is 4.90 Å². The van der Waals surface area contributed by atoms with E-state index in [-0.39, 0.29) is 5.91 Å². The molecule has 0 bridgehead atoms. The number of para-hydroxylation sites is 1. The molecule has 6 heteroatoms. The summed E-state index contributed by atoms with van der Waals surface area (Å²) in [6.45, 7) is 7.34. The molecule has 0 atom stereocenters. The lowest BCUT2D eigenvalue weighted by molar-refractivity contribution is 0.0743. The molecule has 1 amide bonds. The lowest BCUT2D eigenvalue weighted by atomic mass is 10.2. The predicted molar refractivity (Wildman–Crippen MR) is 115 cm³/mol. The van der Waals surface area contributed by atoms with E-state index < -0.39 is 0 Å². The van der Waals surface area contributed by atoms with Gasteiger partial charge in [-0.1, -0.05) is 42.5 Å². The van der Waals surface area contributed by atoms with E-state index in [2.05, 4.69) is 36.9 Å². The molecule has 4 rings (SSSR count). The maximum Gasteiger partial charge on any atom is 0.255 e. The second-order valence-electron chi connectivity index (χ2n) is 6.63. The van der Waals surface area contributed by atoms with E-state index in [4.69, 9.17) is 4.98 Å². The molecular formula is C21H23N3OS2. The van der Waals surface area contributed by atoms with Crippen molar-refractivity contribution in [1.82, 2.24) is 9.88 Å². The van der Waals surface area contributed by atoms with Gasteiger partial charge in [0.2, 0.25) is 0 Å². The van der Waals surface area contributed by atoms with Gasteiger partial charge in [0.15, 0.2) is 5.13 Å². The average Bonchev–Trinajstić information content (AvgIpc) is 3.14. The molecule has 1 saturated heterocycles. The first-order chi connectivity index (χ1) is 13.2. The monoisotopic (exact) mass is 397 g/mol. The lowest BCUT2D eigenvalue weighted by Gasteiger charge is -2.34. The number of carbonyl (C=O) groups is 1. The smallest absolute Gasteiger partial charge is 0.255 e. The number of nitrogens with zero attached hydrogens (tertiary/aromatic N) is 3. The van der Waals surface area contributed by atoms with Crippen LogP contribution in [-0.4, -0.2) is 47.7 Å². The molecule has 0 radical (unpaired) electrons. The highest BCUT2D eigenvalue weighted by atomic mass is 32.2. The number of amides is 1. The number of aryl methyl sites for hydroxylation is 1. The summed E-state index contributed by atoms with van der Waals surface area (Å²) in [5.74, 6) is 1.11. The van der Waals surface area contributed by atoms with E-state index in [1.54, 1.807) is 23.1 Å². The first-order valence-corrected chi connectivity index (χ1v) is 11.1. The largest absolute Gasteiger partial charge is 0.345 e. The summed E-state index contributed by atoms with van der Waals surface area (Å²) in [5, 5.41) is 1.06. The van der Waals surface area contributed by atoms with Crippen molar-refractivity contribution in [1.29, 1.82) is 0 Å². The quantitative estimate of drug-likeness (QED) is 0.599. The third-order valence-corrected chi connectivity index (χ3v) is 6.90. The first-order valence-electron chi connectivity index (χ1n) is 9.29. The van der Waals surface area contributed by atoms with Gasteiger partial charge in [-0.05, 0) is 36.4 Å². The van der Waals surface area contributed by atoms with Crippen LogP contribution in [0.1, 0.15) is 22.8 Å². The normalized spacial score (nSPS) is 14.7. The van der Waals surface area contributed by atoms with E-state index >= 15 is 0 Å². The molecule has 1 aliphatic rings. The number of thiazole rings is 1. The number of fused-ring (bicyclic) bond motifs is 1. The Kier molecular flexibility index (Phi) is 5.36. The van der Waals surface area contributed by atoms with E-state index in [1.165, 1.54) is 10.3 Å². The maximum atomic E-state index is 13.0. The zero-order valence-corrected chi connectivity index (χ0v) is 17.3. The summed E-state index contributed by atoms with van der Waals surface area (Å²) >= 11 is 3.47. The molecule has 1 fully saturated rings. The third kappa shape index (κ3) is 3.69. The van der Waals surface area contributed by atoms with Gasteiger partial charge in [0.25, 0.3) is 5.91 Å². The van der Waals surface area contributed by atoms with Crippen molar-refractivity contribution in [3.63, 3.8) is 0 Å². The summed E-state index contributed by atoms with van der Waals surface area (Å²) in [4.78, 5) is 23.2. The third-order valence-electron chi connectivity index (χ3n) is 4.86. The molecule has 0 spiro atoms. The fourth-order valence-corrected chi connectivity index (χ4v) is 5.30. The standard InChI is InChI=1S/C21H23N3OS2/c1-3-26-17-9-5-4-8-16(17)20(25)23-11-13-24(14-12-23)21-22-19-15(2)7-6-10-18(19)27-21/h4-10H,3,11-14H2,1-2H3. The van der Waals surface area contributed by atoms with Crippen LogP contribution in [0.5, 0.6) is 0 Å². The van der Waals surface area contributed by atoms with Gasteiger partial charge in [0.05, 0.1) is 15.8 Å². The topological polar surface area (TPSA) is 36.4 Å².